The fraction of sp³-hybridized carbons (Fsp3) is 0.348. The Balaban J connectivity index is 1.69. The molecule has 0 aliphatic carbocycles. The highest BCUT2D eigenvalue weighted by Gasteiger charge is 2.17. The maximum absolute atomic E-state index is 12.3. The van der Waals surface area contributed by atoms with Gasteiger partial charge in [0.2, 0.25) is 5.91 Å². The predicted molar refractivity (Wildman–Crippen MR) is 120 cm³/mol. The van der Waals surface area contributed by atoms with Crippen LogP contribution < -0.4 is 22.1 Å². The lowest BCUT2D eigenvalue weighted by Gasteiger charge is -2.15. The molecule has 31 heavy (non-hydrogen) atoms. The van der Waals surface area contributed by atoms with Crippen molar-refractivity contribution in [2.75, 3.05) is 13.2 Å². The van der Waals surface area contributed by atoms with Crippen molar-refractivity contribution in [3.8, 4) is 0 Å². The first-order valence-electron chi connectivity index (χ1n) is 10.3. The summed E-state index contributed by atoms with van der Waals surface area (Å²) in [6.45, 7) is 1.06. The van der Waals surface area contributed by atoms with Crippen molar-refractivity contribution in [1.82, 2.24) is 10.6 Å². The van der Waals surface area contributed by atoms with Crippen molar-refractivity contribution in [3.05, 3.63) is 70.8 Å². The number of nitrogens with two attached hydrogens (primary N) is 2. The van der Waals surface area contributed by atoms with E-state index in [2.05, 4.69) is 10.6 Å². The lowest BCUT2D eigenvalue weighted by atomic mass is 10.1. The molecule has 1 atom stereocenters. The molecule has 0 bridgehead atoms. The Labute approximate surface area is 182 Å². The van der Waals surface area contributed by atoms with E-state index in [0.717, 1.165) is 23.1 Å². The SMILES string of the molecule is N=C(N)c1ccc(CNC(=O)CCC(=O)[C@@H](CO)NCCc2ccc(CN)cc2)cc1. The van der Waals surface area contributed by atoms with Gasteiger partial charge in [-0.25, -0.2) is 0 Å². The van der Waals surface area contributed by atoms with Gasteiger partial charge in [0.15, 0.2) is 5.78 Å². The number of aliphatic hydroxyl groups excluding tert-OH is 1. The first-order valence-corrected chi connectivity index (χ1v) is 10.3. The third-order valence-corrected chi connectivity index (χ3v) is 4.99. The quantitative estimate of drug-likeness (QED) is 0.204. The summed E-state index contributed by atoms with van der Waals surface area (Å²) in [7, 11) is 0. The molecule has 8 nitrogen and oxygen atoms in total. The predicted octanol–water partition coefficient (Wildman–Crippen LogP) is 0.588. The van der Waals surface area contributed by atoms with Crippen LogP contribution in [-0.4, -0.2) is 41.8 Å². The van der Waals surface area contributed by atoms with Crippen LogP contribution in [0.1, 0.15) is 35.1 Å². The second kappa shape index (κ2) is 12.6. The lowest BCUT2D eigenvalue weighted by Crippen LogP contribution is -2.41. The zero-order chi connectivity index (χ0) is 22.6. The third kappa shape index (κ3) is 8.29. The summed E-state index contributed by atoms with van der Waals surface area (Å²) in [6, 6.07) is 14.3. The minimum atomic E-state index is -0.685. The summed E-state index contributed by atoms with van der Waals surface area (Å²) in [5.74, 6) is -0.437. The van der Waals surface area contributed by atoms with Gasteiger partial charge in [0, 0.05) is 31.5 Å². The minimum absolute atomic E-state index is 0.00866. The maximum Gasteiger partial charge on any atom is 0.220 e. The van der Waals surface area contributed by atoms with Crippen molar-refractivity contribution in [1.29, 1.82) is 5.41 Å². The molecule has 2 rings (SSSR count). The van der Waals surface area contributed by atoms with Crippen LogP contribution in [0, 0.1) is 5.41 Å². The highest BCUT2D eigenvalue weighted by atomic mass is 16.3. The molecule has 166 valence electrons. The second-order valence-electron chi connectivity index (χ2n) is 7.31. The Morgan fingerprint density at radius 3 is 2.16 bits per heavy atom. The first-order chi connectivity index (χ1) is 14.9. The molecule has 0 unspecified atom stereocenters. The molecule has 1 amide bonds. The van der Waals surface area contributed by atoms with E-state index in [0.29, 0.717) is 25.2 Å². The van der Waals surface area contributed by atoms with E-state index in [-0.39, 0.29) is 37.0 Å². The number of nitrogens with one attached hydrogen (secondary N) is 3. The maximum atomic E-state index is 12.3. The van der Waals surface area contributed by atoms with E-state index in [4.69, 9.17) is 16.9 Å². The van der Waals surface area contributed by atoms with Crippen LogP contribution >= 0.6 is 0 Å². The number of Topliss-reactive ketones (excluding diaryl/α,β-unsaturated/α-hetero) is 1. The van der Waals surface area contributed by atoms with E-state index >= 15 is 0 Å². The minimum Gasteiger partial charge on any atom is -0.394 e. The molecule has 0 spiro atoms. The Hall–Kier alpha value is -3.07. The van der Waals surface area contributed by atoms with Gasteiger partial charge in [0.05, 0.1) is 12.6 Å². The second-order valence-corrected chi connectivity index (χ2v) is 7.31. The van der Waals surface area contributed by atoms with Crippen LogP contribution in [0.5, 0.6) is 0 Å². The third-order valence-electron chi connectivity index (χ3n) is 4.99. The highest BCUT2D eigenvalue weighted by molar-refractivity contribution is 5.94. The average molecular weight is 426 g/mol. The van der Waals surface area contributed by atoms with Gasteiger partial charge in [-0.15, -0.1) is 0 Å². The number of amidine groups is 1. The molecular weight excluding hydrogens is 394 g/mol. The highest BCUT2D eigenvalue weighted by Crippen LogP contribution is 2.06. The zero-order valence-electron chi connectivity index (χ0n) is 17.6. The Morgan fingerprint density at radius 1 is 0.968 bits per heavy atom. The Bertz CT molecular complexity index is 866. The molecular formula is C23H31N5O3. The van der Waals surface area contributed by atoms with Gasteiger partial charge in [-0.05, 0) is 29.7 Å². The van der Waals surface area contributed by atoms with E-state index in [1.54, 1.807) is 24.3 Å². The fourth-order valence-electron chi connectivity index (χ4n) is 3.02. The summed E-state index contributed by atoms with van der Waals surface area (Å²) >= 11 is 0. The summed E-state index contributed by atoms with van der Waals surface area (Å²) in [4.78, 5) is 24.4. The number of hydrogen-bond donors (Lipinski definition) is 6. The lowest BCUT2D eigenvalue weighted by molar-refractivity contribution is -0.127. The molecule has 0 saturated carbocycles. The molecule has 0 saturated heterocycles. The number of amides is 1. The molecule has 0 radical (unpaired) electrons. The molecule has 8 heteroatoms. The van der Waals surface area contributed by atoms with Crippen LogP contribution in [0.4, 0.5) is 0 Å². The van der Waals surface area contributed by atoms with E-state index in [9.17, 15) is 14.7 Å². The summed E-state index contributed by atoms with van der Waals surface area (Å²) in [5, 5.41) is 22.7. The molecule has 8 N–H and O–H groups in total. The molecule has 0 heterocycles. The average Bonchev–Trinajstić information content (AvgIpc) is 2.79. The molecule has 0 aliphatic rings. The van der Waals surface area contributed by atoms with Gasteiger partial charge in [-0.3, -0.25) is 15.0 Å². The molecule has 0 aliphatic heterocycles. The van der Waals surface area contributed by atoms with Gasteiger partial charge in [0.25, 0.3) is 0 Å². The summed E-state index contributed by atoms with van der Waals surface area (Å²) < 4.78 is 0. The fourth-order valence-corrected chi connectivity index (χ4v) is 3.02. The zero-order valence-corrected chi connectivity index (χ0v) is 17.6. The monoisotopic (exact) mass is 425 g/mol. The number of benzene rings is 2. The largest absolute Gasteiger partial charge is 0.394 e. The van der Waals surface area contributed by atoms with Crippen molar-refractivity contribution in [3.63, 3.8) is 0 Å². The first kappa shape index (κ1) is 24.2. The van der Waals surface area contributed by atoms with Crippen LogP contribution in [-0.2, 0) is 29.1 Å². The number of carbonyl (C=O) groups is 2. The molecule has 2 aromatic carbocycles. The van der Waals surface area contributed by atoms with Gasteiger partial charge < -0.3 is 27.2 Å². The van der Waals surface area contributed by atoms with Crippen molar-refractivity contribution in [2.24, 2.45) is 11.5 Å². The molecule has 0 aromatic heterocycles. The van der Waals surface area contributed by atoms with Gasteiger partial charge in [-0.1, -0.05) is 48.5 Å². The number of rotatable bonds is 13. The van der Waals surface area contributed by atoms with Crippen LogP contribution in [0.25, 0.3) is 0 Å². The normalized spacial score (nSPS) is 11.7. The molecule has 0 fully saturated rings. The van der Waals surface area contributed by atoms with Gasteiger partial charge >= 0.3 is 0 Å². The summed E-state index contributed by atoms with van der Waals surface area (Å²) in [6.07, 6.45) is 0.833. The summed E-state index contributed by atoms with van der Waals surface area (Å²) in [5.41, 5.74) is 14.7. The number of aliphatic hydroxyl groups is 1. The van der Waals surface area contributed by atoms with Gasteiger partial charge in [0.1, 0.15) is 5.84 Å². The van der Waals surface area contributed by atoms with Crippen LogP contribution in [0.3, 0.4) is 0 Å². The van der Waals surface area contributed by atoms with Crippen LogP contribution in [0.15, 0.2) is 48.5 Å². The molecule has 2 aromatic rings. The van der Waals surface area contributed by atoms with Crippen molar-refractivity contribution in [2.45, 2.75) is 38.4 Å². The number of carbonyl (C=O) groups excluding carboxylic acids is 2. The standard InChI is InChI=1S/C23H31N5O3/c24-13-17-3-1-16(2-4-17)11-12-27-20(15-29)21(30)9-10-22(31)28-14-18-5-7-19(8-6-18)23(25)26/h1-8,20,27,29H,9-15,24H2,(H3,25,26)(H,28,31)/t20-/m1/s1. The Kier molecular flexibility index (Phi) is 9.83. The van der Waals surface area contributed by atoms with Crippen molar-refractivity contribution < 1.29 is 14.7 Å². The van der Waals surface area contributed by atoms with E-state index in [1.165, 1.54) is 0 Å². The topological polar surface area (TPSA) is 154 Å². The number of hydrogen-bond acceptors (Lipinski definition) is 6. The van der Waals surface area contributed by atoms with Crippen molar-refractivity contribution >= 4 is 17.5 Å². The van der Waals surface area contributed by atoms with E-state index in [1.807, 2.05) is 24.3 Å². The number of ketones is 1. The van der Waals surface area contributed by atoms with Gasteiger partial charge in [-0.2, -0.15) is 0 Å². The smallest absolute Gasteiger partial charge is 0.220 e. The Morgan fingerprint density at radius 2 is 1.58 bits per heavy atom. The van der Waals surface area contributed by atoms with E-state index < -0.39 is 6.04 Å². The van der Waals surface area contributed by atoms with Crippen LogP contribution in [0.2, 0.25) is 0 Å². The number of nitrogen functional groups attached to an aromatic ring is 1.